The van der Waals surface area contributed by atoms with Crippen LogP contribution in [0.3, 0.4) is 0 Å². The van der Waals surface area contributed by atoms with Crippen molar-refractivity contribution in [1.82, 2.24) is 10.3 Å². The van der Waals surface area contributed by atoms with Crippen molar-refractivity contribution in [3.05, 3.63) is 101 Å². The third kappa shape index (κ3) is 5.17. The standard InChI is InChI=1S/C25H24N4OS/c1-17(21-4-2-12-27-16-21)28-15-18-6-8-19(9-7-18)25(30)29-23-14-20(10-11-22(23)26)24-5-3-13-31-24/h2-14,16-17,28H,15,26H2,1H3,(H,29,30). The van der Waals surface area contributed by atoms with Gasteiger partial charge >= 0.3 is 0 Å². The number of aromatic nitrogens is 1. The van der Waals surface area contributed by atoms with Crippen LogP contribution in [0.2, 0.25) is 0 Å². The highest BCUT2D eigenvalue weighted by Crippen LogP contribution is 2.30. The second kappa shape index (κ2) is 9.55. The summed E-state index contributed by atoms with van der Waals surface area (Å²) in [6, 6.07) is 21.5. The second-order valence-electron chi connectivity index (χ2n) is 7.32. The first-order chi connectivity index (χ1) is 15.1. The van der Waals surface area contributed by atoms with Crippen LogP contribution in [0, 0.1) is 0 Å². The van der Waals surface area contributed by atoms with Gasteiger partial charge in [0.05, 0.1) is 11.4 Å². The maximum absolute atomic E-state index is 12.7. The highest BCUT2D eigenvalue weighted by molar-refractivity contribution is 7.13. The number of carbonyl (C=O) groups is 1. The van der Waals surface area contributed by atoms with Gasteiger partial charge in [0.15, 0.2) is 0 Å². The van der Waals surface area contributed by atoms with Crippen LogP contribution in [0.5, 0.6) is 0 Å². The number of nitrogens with one attached hydrogen (secondary N) is 2. The molecular weight excluding hydrogens is 404 g/mol. The molecule has 31 heavy (non-hydrogen) atoms. The van der Waals surface area contributed by atoms with Crippen LogP contribution in [0.1, 0.15) is 34.5 Å². The predicted molar refractivity (Wildman–Crippen MR) is 128 cm³/mol. The lowest BCUT2D eigenvalue weighted by molar-refractivity contribution is 0.102. The van der Waals surface area contributed by atoms with E-state index in [1.54, 1.807) is 17.5 Å². The first-order valence-corrected chi connectivity index (χ1v) is 10.9. The van der Waals surface area contributed by atoms with Gasteiger partial charge in [0.1, 0.15) is 0 Å². The molecule has 2 aromatic carbocycles. The number of thiophene rings is 1. The minimum absolute atomic E-state index is 0.182. The van der Waals surface area contributed by atoms with Crippen LogP contribution < -0.4 is 16.4 Å². The summed E-state index contributed by atoms with van der Waals surface area (Å²) in [7, 11) is 0. The Morgan fingerprint density at radius 3 is 2.65 bits per heavy atom. The molecule has 0 fully saturated rings. The quantitative estimate of drug-likeness (QED) is 0.340. The number of benzene rings is 2. The lowest BCUT2D eigenvalue weighted by atomic mass is 10.1. The number of nitrogens with two attached hydrogens (primary N) is 1. The fraction of sp³-hybridized carbons (Fsp3) is 0.120. The zero-order valence-electron chi connectivity index (χ0n) is 17.2. The molecule has 4 aromatic rings. The van der Waals surface area contributed by atoms with E-state index < -0.39 is 0 Å². The monoisotopic (exact) mass is 428 g/mol. The number of rotatable bonds is 7. The molecule has 2 heterocycles. The molecule has 0 aliphatic carbocycles. The minimum atomic E-state index is -0.182. The molecule has 0 saturated carbocycles. The van der Waals surface area contributed by atoms with E-state index in [1.807, 2.05) is 72.2 Å². The van der Waals surface area contributed by atoms with Gasteiger partial charge in [0, 0.05) is 35.4 Å². The number of hydrogen-bond donors (Lipinski definition) is 3. The molecule has 0 radical (unpaired) electrons. The third-order valence-corrected chi connectivity index (χ3v) is 6.04. The lowest BCUT2D eigenvalue weighted by Gasteiger charge is -2.14. The summed E-state index contributed by atoms with van der Waals surface area (Å²) in [5.41, 5.74) is 11.1. The first-order valence-electron chi connectivity index (χ1n) is 10.1. The third-order valence-electron chi connectivity index (χ3n) is 5.12. The number of nitrogens with zero attached hydrogens (tertiary/aromatic N) is 1. The summed E-state index contributed by atoms with van der Waals surface area (Å²) in [4.78, 5) is 18.0. The molecule has 1 atom stereocenters. The van der Waals surface area contributed by atoms with E-state index in [0.717, 1.165) is 21.6 Å². The normalized spacial score (nSPS) is 11.8. The molecule has 1 amide bonds. The molecule has 2 aromatic heterocycles. The van der Waals surface area contributed by atoms with Gasteiger partial charge in [-0.1, -0.05) is 30.3 Å². The number of anilines is 2. The van der Waals surface area contributed by atoms with Gasteiger partial charge in [-0.15, -0.1) is 11.3 Å². The Labute approximate surface area is 186 Å². The molecule has 0 bridgehead atoms. The lowest BCUT2D eigenvalue weighted by Crippen LogP contribution is -2.18. The van der Waals surface area contributed by atoms with Crippen LogP contribution >= 0.6 is 11.3 Å². The Hall–Kier alpha value is -3.48. The topological polar surface area (TPSA) is 80.0 Å². The molecule has 6 heteroatoms. The van der Waals surface area contributed by atoms with Gasteiger partial charge in [-0.05, 0) is 65.4 Å². The second-order valence-corrected chi connectivity index (χ2v) is 8.27. The summed E-state index contributed by atoms with van der Waals surface area (Å²) in [6.45, 7) is 2.81. The highest BCUT2D eigenvalue weighted by Gasteiger charge is 2.11. The van der Waals surface area contributed by atoms with Crippen molar-refractivity contribution in [3.63, 3.8) is 0 Å². The molecule has 1 unspecified atom stereocenters. The molecule has 5 nitrogen and oxygen atoms in total. The van der Waals surface area contributed by atoms with Crippen LogP contribution in [0.25, 0.3) is 10.4 Å². The highest BCUT2D eigenvalue weighted by atomic mass is 32.1. The van der Waals surface area contributed by atoms with Gasteiger partial charge in [-0.25, -0.2) is 0 Å². The summed E-state index contributed by atoms with van der Waals surface area (Å²) in [5.74, 6) is -0.182. The maximum atomic E-state index is 12.7. The van der Waals surface area contributed by atoms with Gasteiger partial charge in [-0.2, -0.15) is 0 Å². The molecule has 0 spiro atoms. The van der Waals surface area contributed by atoms with E-state index in [4.69, 9.17) is 5.73 Å². The zero-order valence-corrected chi connectivity index (χ0v) is 18.0. The summed E-state index contributed by atoms with van der Waals surface area (Å²) < 4.78 is 0. The van der Waals surface area contributed by atoms with Gasteiger partial charge in [-0.3, -0.25) is 9.78 Å². The molecule has 4 rings (SSSR count). The number of hydrogen-bond acceptors (Lipinski definition) is 5. The molecule has 0 aliphatic heterocycles. The maximum Gasteiger partial charge on any atom is 0.255 e. The van der Waals surface area contributed by atoms with E-state index in [1.165, 1.54) is 0 Å². The fourth-order valence-electron chi connectivity index (χ4n) is 3.25. The molecule has 0 saturated heterocycles. The summed E-state index contributed by atoms with van der Waals surface area (Å²) in [6.07, 6.45) is 3.64. The molecule has 156 valence electrons. The summed E-state index contributed by atoms with van der Waals surface area (Å²) >= 11 is 1.65. The number of nitrogen functional groups attached to an aromatic ring is 1. The Balaban J connectivity index is 1.39. The number of pyridine rings is 1. The Kier molecular flexibility index (Phi) is 6.40. The Bertz CT molecular complexity index is 1140. The van der Waals surface area contributed by atoms with Crippen LogP contribution in [-0.2, 0) is 6.54 Å². The number of amides is 1. The van der Waals surface area contributed by atoms with Crippen molar-refractivity contribution in [1.29, 1.82) is 0 Å². The van der Waals surface area contributed by atoms with Crippen molar-refractivity contribution in [2.45, 2.75) is 19.5 Å². The zero-order chi connectivity index (χ0) is 21.6. The molecule has 4 N–H and O–H groups in total. The van der Waals surface area contributed by atoms with E-state index in [-0.39, 0.29) is 11.9 Å². The summed E-state index contributed by atoms with van der Waals surface area (Å²) in [5, 5.41) is 8.44. The molecule has 0 aliphatic rings. The van der Waals surface area contributed by atoms with E-state index >= 15 is 0 Å². The van der Waals surface area contributed by atoms with Crippen LogP contribution in [-0.4, -0.2) is 10.9 Å². The average molecular weight is 429 g/mol. The van der Waals surface area contributed by atoms with Gasteiger partial charge < -0.3 is 16.4 Å². The number of carbonyl (C=O) groups excluding carboxylic acids is 1. The van der Waals surface area contributed by atoms with Gasteiger partial charge in [0.2, 0.25) is 0 Å². The Morgan fingerprint density at radius 2 is 1.94 bits per heavy atom. The van der Waals surface area contributed by atoms with E-state index in [9.17, 15) is 4.79 Å². The van der Waals surface area contributed by atoms with Crippen molar-refractivity contribution < 1.29 is 4.79 Å². The molecular formula is C25H24N4OS. The van der Waals surface area contributed by atoms with E-state index in [2.05, 4.69) is 28.6 Å². The average Bonchev–Trinajstić information content (AvgIpc) is 3.35. The minimum Gasteiger partial charge on any atom is -0.397 e. The smallest absolute Gasteiger partial charge is 0.255 e. The van der Waals surface area contributed by atoms with Crippen molar-refractivity contribution in [2.75, 3.05) is 11.1 Å². The van der Waals surface area contributed by atoms with Crippen molar-refractivity contribution in [3.8, 4) is 10.4 Å². The van der Waals surface area contributed by atoms with Crippen LogP contribution in [0.15, 0.2) is 84.5 Å². The van der Waals surface area contributed by atoms with Crippen molar-refractivity contribution >= 4 is 28.6 Å². The van der Waals surface area contributed by atoms with E-state index in [0.29, 0.717) is 23.5 Å². The van der Waals surface area contributed by atoms with Gasteiger partial charge in [0.25, 0.3) is 5.91 Å². The fourth-order valence-corrected chi connectivity index (χ4v) is 3.97. The first kappa shape index (κ1) is 20.8. The van der Waals surface area contributed by atoms with Crippen LogP contribution in [0.4, 0.5) is 11.4 Å². The SMILES string of the molecule is CC(NCc1ccc(C(=O)Nc2cc(-c3cccs3)ccc2N)cc1)c1cccnc1. The Morgan fingerprint density at radius 1 is 1.10 bits per heavy atom. The predicted octanol–water partition coefficient (Wildman–Crippen LogP) is 5.50. The van der Waals surface area contributed by atoms with Crippen molar-refractivity contribution in [2.24, 2.45) is 0 Å². The largest absolute Gasteiger partial charge is 0.397 e.